The van der Waals surface area contributed by atoms with Crippen LogP contribution in [-0.2, 0) is 22.7 Å². The van der Waals surface area contributed by atoms with Crippen molar-refractivity contribution >= 4 is 11.9 Å². The quantitative estimate of drug-likeness (QED) is 0.602. The summed E-state index contributed by atoms with van der Waals surface area (Å²) in [6.45, 7) is 8.26. The third-order valence-corrected chi connectivity index (χ3v) is 5.32. The van der Waals surface area contributed by atoms with E-state index in [2.05, 4.69) is 41.0 Å². The van der Waals surface area contributed by atoms with Crippen LogP contribution in [0.5, 0.6) is 17.2 Å². The van der Waals surface area contributed by atoms with Crippen molar-refractivity contribution in [1.82, 2.24) is 9.80 Å². The summed E-state index contributed by atoms with van der Waals surface area (Å²) >= 11 is 0. The van der Waals surface area contributed by atoms with Crippen LogP contribution < -0.4 is 14.2 Å². The van der Waals surface area contributed by atoms with Gasteiger partial charge in [-0.2, -0.15) is 0 Å². The minimum absolute atomic E-state index is 0.695. The molecule has 33 heavy (non-hydrogen) atoms. The highest BCUT2D eigenvalue weighted by molar-refractivity contribution is 6.27. The number of carboxylic acid groups (broad SMARTS) is 2. The van der Waals surface area contributed by atoms with Crippen molar-refractivity contribution in [2.24, 2.45) is 0 Å². The van der Waals surface area contributed by atoms with Crippen LogP contribution in [-0.4, -0.2) is 79.5 Å². The topological polar surface area (TPSA) is 109 Å². The van der Waals surface area contributed by atoms with Crippen LogP contribution in [0.25, 0.3) is 0 Å². The predicted octanol–water partition coefficient (Wildman–Crippen LogP) is 2.49. The minimum atomic E-state index is -1.82. The summed E-state index contributed by atoms with van der Waals surface area (Å²) in [6.07, 6.45) is 0. The van der Waals surface area contributed by atoms with Gasteiger partial charge in [0.05, 0.1) is 21.3 Å². The molecule has 1 fully saturated rings. The third-order valence-electron chi connectivity index (χ3n) is 5.32. The van der Waals surface area contributed by atoms with Gasteiger partial charge >= 0.3 is 11.9 Å². The highest BCUT2D eigenvalue weighted by atomic mass is 16.5. The molecule has 0 amide bonds. The van der Waals surface area contributed by atoms with E-state index >= 15 is 0 Å². The molecule has 0 unspecified atom stereocenters. The standard InChI is InChI=1S/C22H30N2O3.C2H2O4/c1-17-6-5-7-18(12-17)15-23-8-10-24(11-9-23)16-19-13-21(26-3)22(27-4)14-20(19)25-2;3-1(4)2(5)6/h5-7,12-14H,8-11,15-16H2,1-4H3;(H,3,4)(H,5,6). The molecule has 1 saturated heterocycles. The van der Waals surface area contributed by atoms with Crippen LogP contribution in [0.2, 0.25) is 0 Å². The van der Waals surface area contributed by atoms with Crippen molar-refractivity contribution in [3.05, 3.63) is 53.1 Å². The fraction of sp³-hybridized carbons (Fsp3) is 0.417. The molecule has 0 spiro atoms. The lowest BCUT2D eigenvalue weighted by atomic mass is 10.1. The zero-order valence-electron chi connectivity index (χ0n) is 19.5. The Labute approximate surface area is 194 Å². The molecule has 2 aromatic carbocycles. The minimum Gasteiger partial charge on any atom is -0.496 e. The third kappa shape index (κ3) is 7.96. The van der Waals surface area contributed by atoms with Gasteiger partial charge in [0, 0.05) is 50.9 Å². The molecular weight excluding hydrogens is 428 g/mol. The molecule has 0 saturated carbocycles. The lowest BCUT2D eigenvalue weighted by Crippen LogP contribution is -2.45. The molecule has 9 heteroatoms. The molecule has 1 heterocycles. The molecule has 2 N–H and O–H groups in total. The summed E-state index contributed by atoms with van der Waals surface area (Å²) in [5.41, 5.74) is 3.85. The fourth-order valence-corrected chi connectivity index (χ4v) is 3.63. The van der Waals surface area contributed by atoms with Crippen molar-refractivity contribution in [3.8, 4) is 17.2 Å². The zero-order valence-corrected chi connectivity index (χ0v) is 19.5. The van der Waals surface area contributed by atoms with E-state index in [1.54, 1.807) is 21.3 Å². The van der Waals surface area contributed by atoms with Crippen LogP contribution in [0.4, 0.5) is 0 Å². The average molecular weight is 461 g/mol. The van der Waals surface area contributed by atoms with E-state index in [0.717, 1.165) is 56.3 Å². The summed E-state index contributed by atoms with van der Waals surface area (Å²) < 4.78 is 16.4. The number of hydrogen-bond acceptors (Lipinski definition) is 7. The summed E-state index contributed by atoms with van der Waals surface area (Å²) in [7, 11) is 5.01. The number of aliphatic carboxylic acids is 2. The molecule has 0 bridgehead atoms. The first-order chi connectivity index (χ1) is 15.8. The van der Waals surface area contributed by atoms with Crippen LogP contribution in [0.1, 0.15) is 16.7 Å². The van der Waals surface area contributed by atoms with Gasteiger partial charge in [0.15, 0.2) is 11.5 Å². The largest absolute Gasteiger partial charge is 0.496 e. The number of benzene rings is 2. The summed E-state index contributed by atoms with van der Waals surface area (Å²) in [5, 5.41) is 14.8. The fourth-order valence-electron chi connectivity index (χ4n) is 3.63. The number of nitrogens with zero attached hydrogens (tertiary/aromatic N) is 2. The van der Waals surface area contributed by atoms with Gasteiger partial charge in [-0.15, -0.1) is 0 Å². The highest BCUT2D eigenvalue weighted by Crippen LogP contribution is 2.35. The van der Waals surface area contributed by atoms with Crippen molar-refractivity contribution in [2.45, 2.75) is 20.0 Å². The van der Waals surface area contributed by atoms with Gasteiger partial charge in [-0.3, -0.25) is 9.80 Å². The molecular formula is C24H32N2O7. The Hall–Kier alpha value is -3.30. The Morgan fingerprint density at radius 2 is 1.30 bits per heavy atom. The first kappa shape index (κ1) is 26.0. The number of ether oxygens (including phenoxy) is 3. The molecule has 0 atom stereocenters. The van der Waals surface area contributed by atoms with Gasteiger partial charge in [0.2, 0.25) is 0 Å². The maximum absolute atomic E-state index is 9.10. The van der Waals surface area contributed by atoms with Gasteiger partial charge in [-0.1, -0.05) is 29.8 Å². The van der Waals surface area contributed by atoms with E-state index < -0.39 is 11.9 Å². The molecule has 0 radical (unpaired) electrons. The number of aryl methyl sites for hydroxylation is 1. The van der Waals surface area contributed by atoms with Crippen LogP contribution in [0.15, 0.2) is 36.4 Å². The SMILES string of the molecule is COc1cc(OC)c(OC)cc1CN1CCN(Cc2cccc(C)c2)CC1.O=C(O)C(=O)O. The van der Waals surface area contributed by atoms with E-state index in [0.29, 0.717) is 5.75 Å². The summed E-state index contributed by atoms with van der Waals surface area (Å²) in [5.74, 6) is -1.37. The Morgan fingerprint density at radius 3 is 1.79 bits per heavy atom. The van der Waals surface area contributed by atoms with Gasteiger partial charge < -0.3 is 24.4 Å². The summed E-state index contributed by atoms with van der Waals surface area (Å²) in [4.78, 5) is 23.2. The van der Waals surface area contributed by atoms with Gasteiger partial charge in [-0.25, -0.2) is 9.59 Å². The Balaban J connectivity index is 0.000000569. The Bertz CT molecular complexity index is 928. The van der Waals surface area contributed by atoms with Crippen molar-refractivity contribution in [3.63, 3.8) is 0 Å². The van der Waals surface area contributed by atoms with Crippen LogP contribution in [0, 0.1) is 6.92 Å². The second-order valence-corrected chi connectivity index (χ2v) is 7.67. The van der Waals surface area contributed by atoms with Gasteiger partial charge in [0.25, 0.3) is 0 Å². The molecule has 0 aliphatic carbocycles. The number of carbonyl (C=O) groups is 2. The van der Waals surface area contributed by atoms with E-state index in [1.165, 1.54) is 11.1 Å². The number of piperazine rings is 1. The lowest BCUT2D eigenvalue weighted by molar-refractivity contribution is -0.159. The van der Waals surface area contributed by atoms with E-state index in [1.807, 2.05) is 12.1 Å². The van der Waals surface area contributed by atoms with Crippen LogP contribution in [0.3, 0.4) is 0 Å². The number of methoxy groups -OCH3 is 3. The second-order valence-electron chi connectivity index (χ2n) is 7.67. The zero-order chi connectivity index (χ0) is 24.4. The Morgan fingerprint density at radius 1 is 0.788 bits per heavy atom. The smallest absolute Gasteiger partial charge is 0.414 e. The second kappa shape index (κ2) is 12.7. The molecule has 3 rings (SSSR count). The average Bonchev–Trinajstić information content (AvgIpc) is 2.80. The monoisotopic (exact) mass is 460 g/mol. The first-order valence-electron chi connectivity index (χ1n) is 10.5. The number of hydrogen-bond donors (Lipinski definition) is 2. The molecule has 1 aliphatic heterocycles. The molecule has 9 nitrogen and oxygen atoms in total. The normalized spacial score (nSPS) is 14.1. The maximum Gasteiger partial charge on any atom is 0.414 e. The molecule has 0 aromatic heterocycles. The molecule has 180 valence electrons. The Kier molecular flexibility index (Phi) is 9.96. The lowest BCUT2D eigenvalue weighted by Gasteiger charge is -2.35. The maximum atomic E-state index is 9.10. The highest BCUT2D eigenvalue weighted by Gasteiger charge is 2.20. The van der Waals surface area contributed by atoms with Crippen molar-refractivity contribution < 1.29 is 34.0 Å². The van der Waals surface area contributed by atoms with E-state index in [4.69, 9.17) is 34.0 Å². The summed E-state index contributed by atoms with van der Waals surface area (Å²) in [6, 6.07) is 12.7. The first-order valence-corrected chi connectivity index (χ1v) is 10.5. The van der Waals surface area contributed by atoms with Gasteiger partial charge in [-0.05, 0) is 18.6 Å². The number of carboxylic acids is 2. The molecule has 2 aromatic rings. The van der Waals surface area contributed by atoms with E-state index in [-0.39, 0.29) is 0 Å². The molecule has 1 aliphatic rings. The van der Waals surface area contributed by atoms with Crippen molar-refractivity contribution in [1.29, 1.82) is 0 Å². The van der Waals surface area contributed by atoms with Gasteiger partial charge in [0.1, 0.15) is 5.75 Å². The predicted molar refractivity (Wildman–Crippen MR) is 123 cm³/mol. The van der Waals surface area contributed by atoms with Crippen molar-refractivity contribution in [2.75, 3.05) is 47.5 Å². The van der Waals surface area contributed by atoms with E-state index in [9.17, 15) is 0 Å². The number of rotatable bonds is 7. The van der Waals surface area contributed by atoms with Crippen LogP contribution >= 0.6 is 0 Å².